The van der Waals surface area contributed by atoms with Gasteiger partial charge in [0.25, 0.3) is 0 Å². The van der Waals surface area contributed by atoms with Crippen molar-refractivity contribution in [2.75, 3.05) is 5.75 Å². The Kier molecular flexibility index (Phi) is 4.60. The second-order valence-electron chi connectivity index (χ2n) is 5.01. The third-order valence-electron chi connectivity index (χ3n) is 3.49. The lowest BCUT2D eigenvalue weighted by atomic mass is 10.1. The Labute approximate surface area is 128 Å². The molecule has 0 saturated carbocycles. The summed E-state index contributed by atoms with van der Waals surface area (Å²) in [6, 6.07) is 10.1. The highest BCUT2D eigenvalue weighted by atomic mass is 32.2. The van der Waals surface area contributed by atoms with Crippen LogP contribution in [0.25, 0.3) is 0 Å². The molecule has 2 aromatic rings. The summed E-state index contributed by atoms with van der Waals surface area (Å²) in [5, 5.41) is 0. The second-order valence-corrected chi connectivity index (χ2v) is 6.18. The van der Waals surface area contributed by atoms with Crippen LogP contribution in [0.1, 0.15) is 31.2 Å². The van der Waals surface area contributed by atoms with Crippen molar-refractivity contribution in [2.24, 2.45) is 0 Å². The minimum absolute atomic E-state index is 0.139. The van der Waals surface area contributed by atoms with Crippen molar-refractivity contribution in [3.8, 4) is 0 Å². The molecule has 1 aromatic heterocycles. The summed E-state index contributed by atoms with van der Waals surface area (Å²) in [7, 11) is 0. The standard InChI is InChI=1S/C16H18N2O2S/c19-15(8-12-21-13-5-2-1-3-6-13)20-14-7-4-10-18-11-9-17-16(14)18/h1-3,5-6,9,11,14H,4,7-8,10,12H2. The number of aromatic nitrogens is 2. The van der Waals surface area contributed by atoms with Gasteiger partial charge in [0.05, 0.1) is 6.42 Å². The number of aryl methyl sites for hydroxylation is 1. The molecular formula is C16H18N2O2S. The van der Waals surface area contributed by atoms with Crippen LogP contribution in [0.5, 0.6) is 0 Å². The van der Waals surface area contributed by atoms with Gasteiger partial charge in [0, 0.05) is 29.6 Å². The topological polar surface area (TPSA) is 44.1 Å². The van der Waals surface area contributed by atoms with Crippen LogP contribution in [0, 0.1) is 0 Å². The van der Waals surface area contributed by atoms with E-state index in [0.29, 0.717) is 6.42 Å². The van der Waals surface area contributed by atoms with Crippen LogP contribution in [-0.4, -0.2) is 21.3 Å². The monoisotopic (exact) mass is 302 g/mol. The molecule has 21 heavy (non-hydrogen) atoms. The molecule has 0 spiro atoms. The highest BCUT2D eigenvalue weighted by Gasteiger charge is 2.24. The van der Waals surface area contributed by atoms with Gasteiger partial charge in [-0.1, -0.05) is 18.2 Å². The van der Waals surface area contributed by atoms with E-state index in [0.717, 1.165) is 31.0 Å². The van der Waals surface area contributed by atoms with Crippen molar-refractivity contribution in [1.29, 1.82) is 0 Å². The van der Waals surface area contributed by atoms with Gasteiger partial charge in [-0.05, 0) is 25.0 Å². The van der Waals surface area contributed by atoms with Crippen molar-refractivity contribution in [1.82, 2.24) is 9.55 Å². The molecule has 3 rings (SSSR count). The Morgan fingerprint density at radius 2 is 2.24 bits per heavy atom. The molecule has 0 bridgehead atoms. The number of hydrogen-bond donors (Lipinski definition) is 0. The van der Waals surface area contributed by atoms with Crippen LogP contribution in [0.15, 0.2) is 47.6 Å². The maximum atomic E-state index is 12.0. The molecule has 1 atom stereocenters. The number of esters is 1. The predicted molar refractivity (Wildman–Crippen MR) is 82.1 cm³/mol. The average molecular weight is 302 g/mol. The first-order chi connectivity index (χ1) is 10.3. The van der Waals surface area contributed by atoms with Gasteiger partial charge in [0.2, 0.25) is 0 Å². The molecule has 2 heterocycles. The highest BCUT2D eigenvalue weighted by Crippen LogP contribution is 2.27. The van der Waals surface area contributed by atoms with Crippen LogP contribution in [0.3, 0.4) is 0 Å². The van der Waals surface area contributed by atoms with E-state index >= 15 is 0 Å². The van der Waals surface area contributed by atoms with Crippen molar-refractivity contribution in [3.63, 3.8) is 0 Å². The fraction of sp³-hybridized carbons (Fsp3) is 0.375. The molecule has 0 aliphatic carbocycles. The zero-order chi connectivity index (χ0) is 14.5. The van der Waals surface area contributed by atoms with E-state index < -0.39 is 0 Å². The Morgan fingerprint density at radius 1 is 1.38 bits per heavy atom. The maximum Gasteiger partial charge on any atom is 0.307 e. The Balaban J connectivity index is 1.47. The molecule has 0 radical (unpaired) electrons. The third kappa shape index (κ3) is 3.67. The van der Waals surface area contributed by atoms with Gasteiger partial charge in [-0.15, -0.1) is 11.8 Å². The molecule has 5 heteroatoms. The predicted octanol–water partition coefficient (Wildman–Crippen LogP) is 3.44. The van der Waals surface area contributed by atoms with Crippen LogP contribution < -0.4 is 0 Å². The number of imidazole rings is 1. The number of carbonyl (C=O) groups is 1. The largest absolute Gasteiger partial charge is 0.454 e. The summed E-state index contributed by atoms with van der Waals surface area (Å²) >= 11 is 1.68. The zero-order valence-corrected chi connectivity index (χ0v) is 12.6. The van der Waals surface area contributed by atoms with Crippen molar-refractivity contribution in [3.05, 3.63) is 48.5 Å². The van der Waals surface area contributed by atoms with E-state index in [-0.39, 0.29) is 12.1 Å². The first kappa shape index (κ1) is 14.2. The number of hydrogen-bond acceptors (Lipinski definition) is 4. The Hall–Kier alpha value is -1.75. The number of thioether (sulfide) groups is 1. The van der Waals surface area contributed by atoms with E-state index in [9.17, 15) is 4.79 Å². The molecule has 0 fully saturated rings. The molecule has 0 saturated heterocycles. The van der Waals surface area contributed by atoms with Gasteiger partial charge in [-0.3, -0.25) is 4.79 Å². The molecule has 0 N–H and O–H groups in total. The molecule has 1 unspecified atom stereocenters. The normalized spacial score (nSPS) is 17.2. The molecule has 0 amide bonds. The fourth-order valence-electron chi connectivity index (χ4n) is 2.47. The van der Waals surface area contributed by atoms with Gasteiger partial charge in [-0.25, -0.2) is 4.98 Å². The number of nitrogens with zero attached hydrogens (tertiary/aromatic N) is 2. The Bertz CT molecular complexity index is 597. The number of ether oxygens (including phenoxy) is 1. The summed E-state index contributed by atoms with van der Waals surface area (Å²) < 4.78 is 7.65. The van der Waals surface area contributed by atoms with Gasteiger partial charge in [0.1, 0.15) is 5.82 Å². The zero-order valence-electron chi connectivity index (χ0n) is 11.8. The summed E-state index contributed by atoms with van der Waals surface area (Å²) in [5.41, 5.74) is 0. The first-order valence-electron chi connectivity index (χ1n) is 7.21. The van der Waals surface area contributed by atoms with Crippen LogP contribution in [-0.2, 0) is 16.1 Å². The number of fused-ring (bicyclic) bond motifs is 1. The van der Waals surface area contributed by atoms with Crippen molar-refractivity contribution < 1.29 is 9.53 Å². The maximum absolute atomic E-state index is 12.0. The van der Waals surface area contributed by atoms with Crippen LogP contribution in [0.2, 0.25) is 0 Å². The van der Waals surface area contributed by atoms with Gasteiger partial charge < -0.3 is 9.30 Å². The first-order valence-corrected chi connectivity index (χ1v) is 8.20. The lowest BCUT2D eigenvalue weighted by Gasteiger charge is -2.23. The quantitative estimate of drug-likeness (QED) is 0.627. The molecule has 110 valence electrons. The number of rotatable bonds is 5. The van der Waals surface area contributed by atoms with E-state index in [2.05, 4.69) is 9.55 Å². The lowest BCUT2D eigenvalue weighted by Crippen LogP contribution is -2.20. The molecule has 4 nitrogen and oxygen atoms in total. The van der Waals surface area contributed by atoms with Crippen molar-refractivity contribution >= 4 is 17.7 Å². The highest BCUT2D eigenvalue weighted by molar-refractivity contribution is 7.99. The number of carbonyl (C=O) groups excluding carboxylic acids is 1. The summed E-state index contributed by atoms with van der Waals surface area (Å²) in [6.07, 6.45) is 5.86. The third-order valence-corrected chi connectivity index (χ3v) is 4.51. The van der Waals surface area contributed by atoms with E-state index in [1.807, 2.05) is 36.5 Å². The fourth-order valence-corrected chi connectivity index (χ4v) is 3.33. The van der Waals surface area contributed by atoms with Crippen LogP contribution >= 0.6 is 11.8 Å². The van der Waals surface area contributed by atoms with Crippen molar-refractivity contribution in [2.45, 2.75) is 36.8 Å². The number of benzene rings is 1. The van der Waals surface area contributed by atoms with Crippen LogP contribution in [0.4, 0.5) is 0 Å². The SMILES string of the molecule is O=C(CCSc1ccccc1)OC1CCCn2ccnc21. The minimum Gasteiger partial charge on any atom is -0.454 e. The average Bonchev–Trinajstić information content (AvgIpc) is 2.98. The summed E-state index contributed by atoms with van der Waals surface area (Å²) in [4.78, 5) is 17.4. The summed E-state index contributed by atoms with van der Waals surface area (Å²) in [6.45, 7) is 0.966. The van der Waals surface area contributed by atoms with E-state index in [1.54, 1.807) is 18.0 Å². The van der Waals surface area contributed by atoms with Gasteiger partial charge >= 0.3 is 5.97 Å². The van der Waals surface area contributed by atoms with E-state index in [1.165, 1.54) is 4.90 Å². The van der Waals surface area contributed by atoms with E-state index in [4.69, 9.17) is 4.74 Å². The van der Waals surface area contributed by atoms with Gasteiger partial charge in [0.15, 0.2) is 6.10 Å². The smallest absolute Gasteiger partial charge is 0.307 e. The van der Waals surface area contributed by atoms with Gasteiger partial charge in [-0.2, -0.15) is 0 Å². The second kappa shape index (κ2) is 6.80. The molecule has 1 aliphatic heterocycles. The Morgan fingerprint density at radius 3 is 3.10 bits per heavy atom. The summed E-state index contributed by atoms with van der Waals surface area (Å²) in [5.74, 6) is 1.48. The molecule has 1 aromatic carbocycles. The molecular weight excluding hydrogens is 284 g/mol. The molecule has 1 aliphatic rings. The lowest BCUT2D eigenvalue weighted by molar-refractivity contribution is -0.150. The minimum atomic E-state index is -0.178.